The Morgan fingerprint density at radius 3 is 2.42 bits per heavy atom. The van der Waals surface area contributed by atoms with Crippen LogP contribution in [0.15, 0.2) is 18.2 Å². The van der Waals surface area contributed by atoms with Crippen LogP contribution < -0.4 is 0 Å². The number of carbonyl (C=O) groups is 2. The number of nitrogens with zero attached hydrogens (tertiary/aromatic N) is 2. The third-order valence-electron chi connectivity index (χ3n) is 5.08. The zero-order chi connectivity index (χ0) is 17.1. The molecule has 2 aliphatic heterocycles. The number of piperazine rings is 1. The monoisotopic (exact) mass is 330 g/mol. The van der Waals surface area contributed by atoms with Gasteiger partial charge in [0.25, 0.3) is 5.91 Å². The Bertz CT molecular complexity index is 615. The van der Waals surface area contributed by atoms with Gasteiger partial charge in [-0.2, -0.15) is 0 Å². The highest BCUT2D eigenvalue weighted by molar-refractivity contribution is 5.82. The number of carbonyl (C=O) groups excluding carboxylic acids is 2. The predicted molar refractivity (Wildman–Crippen MR) is 91.8 cm³/mol. The fourth-order valence-corrected chi connectivity index (χ4v) is 3.35. The highest BCUT2D eigenvalue weighted by Gasteiger charge is 2.31. The molecule has 5 nitrogen and oxygen atoms in total. The normalized spacial score (nSPS) is 21.2. The molecule has 0 spiro atoms. The highest BCUT2D eigenvalue weighted by atomic mass is 16.5. The number of benzene rings is 1. The summed E-state index contributed by atoms with van der Waals surface area (Å²) in [6.45, 7) is 7.27. The third kappa shape index (κ3) is 3.78. The maximum absolute atomic E-state index is 12.5. The summed E-state index contributed by atoms with van der Waals surface area (Å²) in [5, 5.41) is 0. The minimum atomic E-state index is -0.261. The Kier molecular flexibility index (Phi) is 5.19. The van der Waals surface area contributed by atoms with Gasteiger partial charge in [-0.05, 0) is 43.4 Å². The molecule has 3 rings (SSSR count). The lowest BCUT2D eigenvalue weighted by Crippen LogP contribution is -2.53. The van der Waals surface area contributed by atoms with Crippen molar-refractivity contribution in [2.45, 2.75) is 39.2 Å². The molecule has 2 aliphatic rings. The molecule has 0 bridgehead atoms. The van der Waals surface area contributed by atoms with Gasteiger partial charge < -0.3 is 14.5 Å². The highest BCUT2D eigenvalue weighted by Crippen LogP contribution is 2.17. The van der Waals surface area contributed by atoms with Crippen LogP contribution in [0.25, 0.3) is 0 Å². The second-order valence-corrected chi connectivity index (χ2v) is 6.80. The first-order chi connectivity index (χ1) is 11.5. The molecule has 0 N–H and O–H groups in total. The van der Waals surface area contributed by atoms with Crippen LogP contribution in [0.4, 0.5) is 0 Å². The molecule has 5 heteroatoms. The molecule has 0 aliphatic carbocycles. The molecule has 0 saturated carbocycles. The molecule has 2 heterocycles. The fourth-order valence-electron chi connectivity index (χ4n) is 3.35. The van der Waals surface area contributed by atoms with E-state index in [1.807, 2.05) is 15.9 Å². The summed E-state index contributed by atoms with van der Waals surface area (Å²) in [5.74, 6) is 0.233. The smallest absolute Gasteiger partial charge is 0.251 e. The minimum absolute atomic E-state index is 0.0914. The van der Waals surface area contributed by atoms with Crippen LogP contribution in [-0.4, -0.2) is 60.5 Å². The Morgan fingerprint density at radius 2 is 1.79 bits per heavy atom. The van der Waals surface area contributed by atoms with Crippen molar-refractivity contribution >= 4 is 11.8 Å². The topological polar surface area (TPSA) is 49.9 Å². The van der Waals surface area contributed by atoms with Gasteiger partial charge in [0.1, 0.15) is 6.10 Å². The maximum Gasteiger partial charge on any atom is 0.251 e. The molecule has 24 heavy (non-hydrogen) atoms. The van der Waals surface area contributed by atoms with Gasteiger partial charge in [0.05, 0.1) is 6.42 Å². The number of hydrogen-bond donors (Lipinski definition) is 0. The van der Waals surface area contributed by atoms with E-state index in [0.29, 0.717) is 39.2 Å². The van der Waals surface area contributed by atoms with Gasteiger partial charge in [0.15, 0.2) is 0 Å². The predicted octanol–water partition coefficient (Wildman–Crippen LogP) is 1.70. The van der Waals surface area contributed by atoms with Gasteiger partial charge in [-0.15, -0.1) is 0 Å². The quantitative estimate of drug-likeness (QED) is 0.847. The van der Waals surface area contributed by atoms with Crippen LogP contribution in [-0.2, 0) is 20.7 Å². The van der Waals surface area contributed by atoms with Gasteiger partial charge in [0, 0.05) is 32.8 Å². The summed E-state index contributed by atoms with van der Waals surface area (Å²) < 4.78 is 5.47. The van der Waals surface area contributed by atoms with Crippen molar-refractivity contribution in [3.8, 4) is 0 Å². The van der Waals surface area contributed by atoms with E-state index >= 15 is 0 Å². The van der Waals surface area contributed by atoms with Gasteiger partial charge in [0.2, 0.25) is 5.91 Å². The van der Waals surface area contributed by atoms with Crippen molar-refractivity contribution in [1.82, 2.24) is 9.80 Å². The molecular weight excluding hydrogens is 304 g/mol. The SMILES string of the molecule is Cc1ccc(CC(=O)N2CCN(C(=O)C3CCCO3)CC2)cc1C. The Morgan fingerprint density at radius 1 is 1.08 bits per heavy atom. The first-order valence-electron chi connectivity index (χ1n) is 8.79. The Balaban J connectivity index is 1.51. The summed E-state index contributed by atoms with van der Waals surface area (Å²) in [5.41, 5.74) is 3.51. The summed E-state index contributed by atoms with van der Waals surface area (Å²) >= 11 is 0. The number of amides is 2. The van der Waals surface area contributed by atoms with Gasteiger partial charge in [-0.3, -0.25) is 9.59 Å². The van der Waals surface area contributed by atoms with E-state index in [0.717, 1.165) is 18.4 Å². The number of hydrogen-bond acceptors (Lipinski definition) is 3. The Labute approximate surface area is 143 Å². The van der Waals surface area contributed by atoms with Crippen molar-refractivity contribution in [2.24, 2.45) is 0 Å². The fraction of sp³-hybridized carbons (Fsp3) is 0.579. The summed E-state index contributed by atoms with van der Waals surface area (Å²) in [6, 6.07) is 6.18. The van der Waals surface area contributed by atoms with Crippen LogP contribution in [0, 0.1) is 13.8 Å². The molecule has 1 aromatic rings. The van der Waals surface area contributed by atoms with Crippen LogP contribution in [0.3, 0.4) is 0 Å². The lowest BCUT2D eigenvalue weighted by atomic mass is 10.0. The Hall–Kier alpha value is -1.88. The van der Waals surface area contributed by atoms with E-state index in [2.05, 4.69) is 26.0 Å². The van der Waals surface area contributed by atoms with Gasteiger partial charge in [-0.1, -0.05) is 18.2 Å². The van der Waals surface area contributed by atoms with E-state index in [9.17, 15) is 9.59 Å². The molecule has 1 unspecified atom stereocenters. The van der Waals surface area contributed by atoms with E-state index in [-0.39, 0.29) is 17.9 Å². The molecule has 2 amide bonds. The first kappa shape index (κ1) is 17.0. The molecule has 0 radical (unpaired) electrons. The second-order valence-electron chi connectivity index (χ2n) is 6.80. The average molecular weight is 330 g/mol. The van der Waals surface area contributed by atoms with Crippen molar-refractivity contribution in [1.29, 1.82) is 0 Å². The minimum Gasteiger partial charge on any atom is -0.368 e. The van der Waals surface area contributed by atoms with Crippen LogP contribution in [0.1, 0.15) is 29.5 Å². The standard InChI is InChI=1S/C19H26N2O3/c1-14-5-6-16(12-15(14)2)13-18(22)20-7-9-21(10-8-20)19(23)17-4-3-11-24-17/h5-6,12,17H,3-4,7-11,13H2,1-2H3. The molecular formula is C19H26N2O3. The van der Waals surface area contributed by atoms with E-state index in [1.54, 1.807) is 0 Å². The van der Waals surface area contributed by atoms with Crippen LogP contribution in [0.2, 0.25) is 0 Å². The van der Waals surface area contributed by atoms with Crippen molar-refractivity contribution < 1.29 is 14.3 Å². The third-order valence-corrected chi connectivity index (χ3v) is 5.08. The van der Waals surface area contributed by atoms with Crippen molar-refractivity contribution in [3.63, 3.8) is 0 Å². The zero-order valence-corrected chi connectivity index (χ0v) is 14.6. The second kappa shape index (κ2) is 7.34. The molecule has 1 aromatic carbocycles. The lowest BCUT2D eigenvalue weighted by Gasteiger charge is -2.35. The lowest BCUT2D eigenvalue weighted by molar-refractivity contribution is -0.145. The van der Waals surface area contributed by atoms with Gasteiger partial charge in [-0.25, -0.2) is 0 Å². The summed E-state index contributed by atoms with van der Waals surface area (Å²) in [7, 11) is 0. The molecule has 1 atom stereocenters. The average Bonchev–Trinajstić information content (AvgIpc) is 3.12. The first-order valence-corrected chi connectivity index (χ1v) is 8.79. The molecule has 130 valence electrons. The van der Waals surface area contributed by atoms with Crippen molar-refractivity contribution in [2.75, 3.05) is 32.8 Å². The summed E-state index contributed by atoms with van der Waals surface area (Å²) in [4.78, 5) is 28.5. The number of ether oxygens (including phenoxy) is 1. The molecule has 0 aromatic heterocycles. The largest absolute Gasteiger partial charge is 0.368 e. The maximum atomic E-state index is 12.5. The zero-order valence-electron chi connectivity index (χ0n) is 14.6. The van der Waals surface area contributed by atoms with Crippen LogP contribution >= 0.6 is 0 Å². The molecule has 2 saturated heterocycles. The number of aryl methyl sites for hydroxylation is 2. The number of rotatable bonds is 3. The molecule has 2 fully saturated rings. The van der Waals surface area contributed by atoms with E-state index < -0.39 is 0 Å². The van der Waals surface area contributed by atoms with Crippen molar-refractivity contribution in [3.05, 3.63) is 34.9 Å². The summed E-state index contributed by atoms with van der Waals surface area (Å²) in [6.07, 6.45) is 1.96. The van der Waals surface area contributed by atoms with E-state index in [1.165, 1.54) is 11.1 Å². The van der Waals surface area contributed by atoms with Gasteiger partial charge >= 0.3 is 0 Å². The van der Waals surface area contributed by atoms with Crippen LogP contribution in [0.5, 0.6) is 0 Å². The van der Waals surface area contributed by atoms with E-state index in [4.69, 9.17) is 4.74 Å².